The molecule has 166 valence electrons. The fraction of sp³-hybridized carbons (Fsp3) is 0.400. The third-order valence-electron chi connectivity index (χ3n) is 3.72. The summed E-state index contributed by atoms with van der Waals surface area (Å²) in [5, 5.41) is 5.39. The van der Waals surface area contributed by atoms with Gasteiger partial charge in [0, 0.05) is 11.0 Å². The van der Waals surface area contributed by atoms with Gasteiger partial charge in [-0.3, -0.25) is 0 Å². The average molecular weight is 492 g/mol. The van der Waals surface area contributed by atoms with Crippen molar-refractivity contribution in [2.24, 2.45) is 0 Å². The number of hydrogen-bond donors (Lipinski definition) is 0. The van der Waals surface area contributed by atoms with Crippen LogP contribution in [0, 0.1) is 14.9 Å². The van der Waals surface area contributed by atoms with Gasteiger partial charge >= 0.3 is 21.7 Å². The van der Waals surface area contributed by atoms with Gasteiger partial charge in [0.2, 0.25) is 0 Å². The van der Waals surface area contributed by atoms with E-state index in [9.17, 15) is 0 Å². The van der Waals surface area contributed by atoms with E-state index in [0.717, 1.165) is 0 Å². The summed E-state index contributed by atoms with van der Waals surface area (Å²) in [6, 6.07) is 14.7. The van der Waals surface area contributed by atoms with E-state index in [-0.39, 0.29) is 53.1 Å². The van der Waals surface area contributed by atoms with Crippen LogP contribution < -0.4 is 0 Å². The summed E-state index contributed by atoms with van der Waals surface area (Å²) < 4.78 is 0. The third-order valence-corrected chi connectivity index (χ3v) is 8.20. The van der Waals surface area contributed by atoms with Crippen molar-refractivity contribution in [3.63, 3.8) is 0 Å². The van der Waals surface area contributed by atoms with Gasteiger partial charge in [0.1, 0.15) is 0 Å². The van der Waals surface area contributed by atoms with E-state index in [4.69, 9.17) is 5.73 Å². The van der Waals surface area contributed by atoms with Gasteiger partial charge in [-0.1, -0.05) is 89.7 Å². The van der Waals surface area contributed by atoms with Gasteiger partial charge in [-0.25, -0.2) is 0 Å². The van der Waals surface area contributed by atoms with E-state index in [1.807, 2.05) is 20.8 Å². The maximum Gasteiger partial charge on any atom is 4.00 e. The molecule has 0 saturated heterocycles. The van der Waals surface area contributed by atoms with Gasteiger partial charge in [-0.05, 0) is 0 Å². The van der Waals surface area contributed by atoms with Crippen LogP contribution in [0.1, 0.15) is 20.8 Å². The molecule has 30 heavy (non-hydrogen) atoms. The number of hydrogen-bond acceptors (Lipinski definition) is 0. The average Bonchev–Trinajstić information content (AvgIpc) is 2.91. The summed E-state index contributed by atoms with van der Waals surface area (Å²) >= 11 is 0. The van der Waals surface area contributed by atoms with Crippen LogP contribution in [0.5, 0.6) is 0 Å². The van der Waals surface area contributed by atoms with Gasteiger partial charge in [-0.15, -0.1) is 35.2 Å². The molecule has 2 aromatic rings. The Bertz CT molecular complexity index is 654. The van der Waals surface area contributed by atoms with E-state index in [1.54, 1.807) is 0 Å². The second-order valence-corrected chi connectivity index (χ2v) is 20.1. The Morgan fingerprint density at radius 3 is 1.47 bits per heavy atom. The number of benzene rings is 1. The van der Waals surface area contributed by atoms with E-state index < -0.39 is 16.1 Å². The van der Waals surface area contributed by atoms with Crippen LogP contribution in [0.3, 0.4) is 0 Å². The first-order chi connectivity index (χ1) is 11.5. The Hall–Kier alpha value is -0.365. The normalized spacial score (nSPS) is 10.2. The summed E-state index contributed by atoms with van der Waals surface area (Å²) in [6.45, 7) is 27.9. The Morgan fingerprint density at radius 2 is 1.17 bits per heavy atom. The summed E-state index contributed by atoms with van der Waals surface area (Å²) in [6.07, 6.45) is 0. The zero-order valence-electron chi connectivity index (χ0n) is 21.5. The molecule has 0 atom stereocenters. The first-order valence-electron chi connectivity index (χ1n) is 9.28. The summed E-state index contributed by atoms with van der Waals surface area (Å²) in [4.78, 5) is 0. The zero-order valence-corrected chi connectivity index (χ0v) is 26.0. The van der Waals surface area contributed by atoms with Crippen LogP contribution in [0.15, 0.2) is 66.0 Å². The first-order valence-corrected chi connectivity index (χ1v) is 16.3. The molecule has 0 spiro atoms. The molecule has 0 aliphatic rings. The monoisotopic (exact) mass is 491 g/mol. The third kappa shape index (κ3) is 18.4. The Morgan fingerprint density at radius 1 is 0.833 bits per heavy atom. The number of fused-ring (bicyclic) bond motifs is 1. The molecule has 0 aliphatic carbocycles. The smallest absolute Gasteiger partial charge is 0.673 e. The standard InChI is InChI=1S/C10H22Si2.C9H7.C4H10N.2CH3.Si.Ti/c1-9(11(3,4)5)10(2)12(6,7)8;1-2-5-9-7-3-6-8(9)4-1;1-4(2,3)5;;;;/h1-2H2,3-8H3;1-7H;5H,1-3H3;2*1H3;;/q;4*-1;;+4. The number of nitrogens with one attached hydrogen (secondary N) is 1. The summed E-state index contributed by atoms with van der Waals surface area (Å²) in [7, 11) is -2.39. The van der Waals surface area contributed by atoms with Crippen molar-refractivity contribution in [1.82, 2.24) is 0 Å². The van der Waals surface area contributed by atoms with Crippen molar-refractivity contribution >= 4 is 37.9 Å². The van der Waals surface area contributed by atoms with E-state index >= 15 is 0 Å². The molecule has 0 aliphatic heterocycles. The molecule has 0 bridgehead atoms. The van der Waals surface area contributed by atoms with Crippen LogP contribution in [0.25, 0.3) is 16.5 Å². The maximum absolute atomic E-state index is 6.94. The van der Waals surface area contributed by atoms with Crippen LogP contribution in [-0.2, 0) is 21.7 Å². The second-order valence-electron chi connectivity index (χ2n) is 9.86. The minimum atomic E-state index is -1.19. The molecule has 0 amide bonds. The fourth-order valence-corrected chi connectivity index (χ4v) is 6.04. The van der Waals surface area contributed by atoms with Gasteiger partial charge in [0.05, 0.1) is 16.1 Å². The molecule has 0 unspecified atom stereocenters. The van der Waals surface area contributed by atoms with E-state index in [0.29, 0.717) is 0 Å². The minimum Gasteiger partial charge on any atom is -0.673 e. The molecular weight excluding hydrogens is 446 g/mol. The van der Waals surface area contributed by atoms with Crippen molar-refractivity contribution in [3.05, 3.63) is 86.6 Å². The summed E-state index contributed by atoms with van der Waals surface area (Å²) in [5.74, 6) is 0. The van der Waals surface area contributed by atoms with Gasteiger partial charge < -0.3 is 20.6 Å². The predicted molar refractivity (Wildman–Crippen MR) is 147 cm³/mol. The Labute approximate surface area is 210 Å². The molecule has 0 aromatic heterocycles. The van der Waals surface area contributed by atoms with Crippen molar-refractivity contribution in [2.45, 2.75) is 65.6 Å². The number of allylic oxidation sites excluding steroid dienone is 2. The first kappa shape index (κ1) is 40.0. The molecule has 1 N–H and O–H groups in total. The van der Waals surface area contributed by atoms with Crippen molar-refractivity contribution < 1.29 is 21.7 Å². The SMILES string of the molecule is C=C(C(=C)[Si](C)(C)C)[Si](C)(C)C.CC(C)(C)[NH-].[CH3-].[CH3-].[Si].[Ti+4].c1ccc2[cH-]ccc2c1. The largest absolute Gasteiger partial charge is 4.00 e. The minimum absolute atomic E-state index is 0. The van der Waals surface area contributed by atoms with Gasteiger partial charge in [0.15, 0.2) is 0 Å². The second kappa shape index (κ2) is 16.3. The van der Waals surface area contributed by atoms with E-state index in [2.05, 4.69) is 94.9 Å². The maximum atomic E-state index is 6.94. The molecule has 0 fully saturated rings. The number of rotatable bonds is 3. The molecule has 1 nitrogen and oxygen atoms in total. The van der Waals surface area contributed by atoms with E-state index in [1.165, 1.54) is 21.2 Å². The molecule has 4 radical (unpaired) electrons. The molecule has 0 saturated carbocycles. The Kier molecular flexibility index (Phi) is 21.7. The molecule has 2 aromatic carbocycles. The van der Waals surface area contributed by atoms with Gasteiger partial charge in [-0.2, -0.15) is 17.5 Å². The van der Waals surface area contributed by atoms with Gasteiger partial charge in [0.25, 0.3) is 0 Å². The Balaban J connectivity index is -0.000000104. The molecule has 5 heteroatoms. The zero-order chi connectivity index (χ0) is 20.8. The van der Waals surface area contributed by atoms with Crippen LogP contribution in [0.4, 0.5) is 0 Å². The molecular formula is C25H45NSi3Ti. The van der Waals surface area contributed by atoms with Crippen molar-refractivity contribution in [2.75, 3.05) is 0 Å². The topological polar surface area (TPSA) is 23.8 Å². The van der Waals surface area contributed by atoms with Crippen molar-refractivity contribution in [1.29, 1.82) is 0 Å². The van der Waals surface area contributed by atoms with Crippen molar-refractivity contribution in [3.8, 4) is 0 Å². The quantitative estimate of drug-likeness (QED) is 0.233. The predicted octanol–water partition coefficient (Wildman–Crippen LogP) is 8.77. The summed E-state index contributed by atoms with van der Waals surface area (Å²) in [5.41, 5.74) is 6.69. The fourth-order valence-electron chi connectivity index (χ4n) is 1.98. The molecule has 2 rings (SSSR count). The molecule has 0 heterocycles. The van der Waals surface area contributed by atoms with Crippen LogP contribution in [-0.4, -0.2) is 32.7 Å². The van der Waals surface area contributed by atoms with Crippen LogP contribution in [0.2, 0.25) is 39.3 Å². The van der Waals surface area contributed by atoms with Crippen LogP contribution >= 0.6 is 0 Å².